The second kappa shape index (κ2) is 8.24. The molecule has 0 saturated carbocycles. The van der Waals surface area contributed by atoms with E-state index in [9.17, 15) is 18.0 Å². The van der Waals surface area contributed by atoms with Crippen molar-refractivity contribution in [3.05, 3.63) is 29.8 Å². The maximum Gasteiger partial charge on any atom is 0.573 e. The Hall–Kier alpha value is -1.47. The number of alkyl halides is 3. The van der Waals surface area contributed by atoms with Gasteiger partial charge in [0.1, 0.15) is 5.75 Å². The zero-order chi connectivity index (χ0) is 15.3. The number of hydrogen-bond acceptors (Lipinski definition) is 3. The maximum absolute atomic E-state index is 12.0. The van der Waals surface area contributed by atoms with Crippen LogP contribution in [0.25, 0.3) is 0 Å². The van der Waals surface area contributed by atoms with Crippen molar-refractivity contribution in [2.24, 2.45) is 0 Å². The molecule has 8 heteroatoms. The van der Waals surface area contributed by atoms with Gasteiger partial charge in [0.15, 0.2) is 0 Å². The number of benzene rings is 1. The third-order valence-corrected chi connectivity index (χ3v) is 3.18. The normalized spacial score (nSPS) is 18.2. The first-order valence-electron chi connectivity index (χ1n) is 6.77. The van der Waals surface area contributed by atoms with Crippen LogP contribution in [0.15, 0.2) is 24.3 Å². The van der Waals surface area contributed by atoms with Gasteiger partial charge in [-0.25, -0.2) is 0 Å². The van der Waals surface area contributed by atoms with Gasteiger partial charge in [-0.3, -0.25) is 4.79 Å². The van der Waals surface area contributed by atoms with Crippen LogP contribution in [0.4, 0.5) is 13.2 Å². The number of rotatable bonds is 4. The molecule has 4 nitrogen and oxygen atoms in total. The molecule has 1 aromatic rings. The van der Waals surface area contributed by atoms with Gasteiger partial charge in [-0.2, -0.15) is 0 Å². The van der Waals surface area contributed by atoms with Crippen molar-refractivity contribution in [1.82, 2.24) is 10.6 Å². The van der Waals surface area contributed by atoms with Crippen molar-refractivity contribution in [3.63, 3.8) is 0 Å². The molecule has 0 unspecified atom stereocenters. The Bertz CT molecular complexity index is 474. The average Bonchev–Trinajstić information content (AvgIpc) is 2.40. The minimum absolute atomic E-state index is 0. The third-order valence-electron chi connectivity index (χ3n) is 3.18. The molecule has 124 valence electrons. The van der Waals surface area contributed by atoms with Gasteiger partial charge in [0.05, 0.1) is 6.42 Å². The molecule has 22 heavy (non-hydrogen) atoms. The Morgan fingerprint density at radius 1 is 1.32 bits per heavy atom. The highest BCUT2D eigenvalue weighted by atomic mass is 35.5. The molecule has 1 heterocycles. The monoisotopic (exact) mass is 338 g/mol. The Morgan fingerprint density at radius 2 is 2.00 bits per heavy atom. The van der Waals surface area contributed by atoms with Crippen molar-refractivity contribution >= 4 is 18.3 Å². The van der Waals surface area contributed by atoms with E-state index in [1.54, 1.807) is 0 Å². The van der Waals surface area contributed by atoms with E-state index in [0.29, 0.717) is 5.56 Å². The summed E-state index contributed by atoms with van der Waals surface area (Å²) in [6, 6.07) is 5.45. The highest BCUT2D eigenvalue weighted by Crippen LogP contribution is 2.22. The zero-order valence-corrected chi connectivity index (χ0v) is 12.6. The van der Waals surface area contributed by atoms with Crippen molar-refractivity contribution in [2.45, 2.75) is 31.7 Å². The summed E-state index contributed by atoms with van der Waals surface area (Å²) in [6.45, 7) is 1.72. The van der Waals surface area contributed by atoms with E-state index in [1.165, 1.54) is 24.3 Å². The molecule has 1 aliphatic heterocycles. The van der Waals surface area contributed by atoms with Crippen molar-refractivity contribution in [2.75, 3.05) is 13.1 Å². The molecular weight excluding hydrogens is 321 g/mol. The van der Waals surface area contributed by atoms with Crippen LogP contribution in [-0.2, 0) is 11.2 Å². The van der Waals surface area contributed by atoms with E-state index in [4.69, 9.17) is 0 Å². The molecule has 1 aromatic carbocycles. The van der Waals surface area contributed by atoms with E-state index >= 15 is 0 Å². The summed E-state index contributed by atoms with van der Waals surface area (Å²) < 4.78 is 39.8. The minimum Gasteiger partial charge on any atom is -0.406 e. The quantitative estimate of drug-likeness (QED) is 0.886. The minimum atomic E-state index is -4.70. The summed E-state index contributed by atoms with van der Waals surface area (Å²) in [5.41, 5.74) is 0.644. The number of amides is 1. The number of ether oxygens (including phenoxy) is 1. The summed E-state index contributed by atoms with van der Waals surface area (Å²) in [6.07, 6.45) is -2.60. The number of piperidine rings is 1. The first-order chi connectivity index (χ1) is 9.92. The SMILES string of the molecule is Cl.O=C(Cc1ccc(OC(F)(F)F)cc1)N[C@H]1CCCNC1. The van der Waals surface area contributed by atoms with Gasteiger partial charge in [0, 0.05) is 12.6 Å². The molecular formula is C14H18ClF3N2O2. The van der Waals surface area contributed by atoms with Crippen molar-refractivity contribution in [3.8, 4) is 5.75 Å². The predicted molar refractivity (Wildman–Crippen MR) is 78.1 cm³/mol. The fourth-order valence-electron chi connectivity index (χ4n) is 2.25. The van der Waals surface area contributed by atoms with E-state index in [0.717, 1.165) is 25.9 Å². The van der Waals surface area contributed by atoms with Gasteiger partial charge >= 0.3 is 6.36 Å². The smallest absolute Gasteiger partial charge is 0.406 e. The summed E-state index contributed by atoms with van der Waals surface area (Å²) >= 11 is 0. The summed E-state index contributed by atoms with van der Waals surface area (Å²) in [5.74, 6) is -0.420. The molecule has 1 aliphatic rings. The van der Waals surface area contributed by atoms with Gasteiger partial charge in [0.2, 0.25) is 5.91 Å². The van der Waals surface area contributed by atoms with E-state index in [-0.39, 0.29) is 36.5 Å². The van der Waals surface area contributed by atoms with Crippen LogP contribution in [0, 0.1) is 0 Å². The Balaban J connectivity index is 0.00000242. The molecule has 1 amide bonds. The van der Waals surface area contributed by atoms with Crippen LogP contribution in [0.5, 0.6) is 5.75 Å². The lowest BCUT2D eigenvalue weighted by Gasteiger charge is -2.23. The van der Waals surface area contributed by atoms with Gasteiger partial charge < -0.3 is 15.4 Å². The highest BCUT2D eigenvalue weighted by molar-refractivity contribution is 5.85. The molecule has 2 rings (SSSR count). The summed E-state index contributed by atoms with van der Waals surface area (Å²) in [7, 11) is 0. The fraction of sp³-hybridized carbons (Fsp3) is 0.500. The van der Waals surface area contributed by atoms with Crippen LogP contribution in [0.1, 0.15) is 18.4 Å². The van der Waals surface area contributed by atoms with E-state index < -0.39 is 6.36 Å². The number of carbonyl (C=O) groups is 1. The van der Waals surface area contributed by atoms with Crippen LogP contribution in [0.3, 0.4) is 0 Å². The molecule has 2 N–H and O–H groups in total. The van der Waals surface area contributed by atoms with Gasteiger partial charge in [-0.05, 0) is 37.1 Å². The van der Waals surface area contributed by atoms with Crippen LogP contribution in [0.2, 0.25) is 0 Å². The fourth-order valence-corrected chi connectivity index (χ4v) is 2.25. The Kier molecular flexibility index (Phi) is 6.96. The van der Waals surface area contributed by atoms with Gasteiger partial charge in [0.25, 0.3) is 0 Å². The lowest BCUT2D eigenvalue weighted by atomic mass is 10.1. The lowest BCUT2D eigenvalue weighted by molar-refractivity contribution is -0.274. The van der Waals surface area contributed by atoms with E-state index in [2.05, 4.69) is 15.4 Å². The second-order valence-electron chi connectivity index (χ2n) is 4.98. The van der Waals surface area contributed by atoms with Crippen molar-refractivity contribution in [1.29, 1.82) is 0 Å². The highest BCUT2D eigenvalue weighted by Gasteiger charge is 2.30. The standard InChI is InChI=1S/C14H17F3N2O2.ClH/c15-14(16,17)21-12-5-3-10(4-6-12)8-13(20)19-11-2-1-7-18-9-11;/h3-6,11,18H,1-2,7-9H2,(H,19,20);1H/t11-;/m0./s1. The zero-order valence-electron chi connectivity index (χ0n) is 11.8. The number of hydrogen-bond donors (Lipinski definition) is 2. The Morgan fingerprint density at radius 3 is 2.55 bits per heavy atom. The first-order valence-corrected chi connectivity index (χ1v) is 6.77. The van der Waals surface area contributed by atoms with E-state index in [1.807, 2.05) is 0 Å². The summed E-state index contributed by atoms with van der Waals surface area (Å²) in [5, 5.41) is 6.10. The second-order valence-corrected chi connectivity index (χ2v) is 4.98. The molecule has 0 bridgehead atoms. The molecule has 0 aromatic heterocycles. The molecule has 0 aliphatic carbocycles. The van der Waals surface area contributed by atoms with Gasteiger partial charge in [-0.15, -0.1) is 25.6 Å². The molecule has 1 atom stereocenters. The van der Waals surface area contributed by atoms with Crippen molar-refractivity contribution < 1.29 is 22.7 Å². The van der Waals surface area contributed by atoms with Crippen LogP contribution in [-0.4, -0.2) is 31.4 Å². The third kappa shape index (κ3) is 6.53. The van der Waals surface area contributed by atoms with Crippen LogP contribution < -0.4 is 15.4 Å². The predicted octanol–water partition coefficient (Wildman–Crippen LogP) is 2.42. The number of halogens is 4. The molecule has 0 radical (unpaired) electrons. The number of nitrogens with one attached hydrogen (secondary N) is 2. The maximum atomic E-state index is 12.0. The summed E-state index contributed by atoms with van der Waals surface area (Å²) in [4.78, 5) is 11.8. The van der Waals surface area contributed by atoms with Gasteiger partial charge in [-0.1, -0.05) is 12.1 Å². The molecule has 1 fully saturated rings. The first kappa shape index (κ1) is 18.6. The average molecular weight is 339 g/mol. The molecule has 0 spiro atoms. The number of carbonyl (C=O) groups excluding carboxylic acids is 1. The lowest BCUT2D eigenvalue weighted by Crippen LogP contribution is -2.46. The Labute approximate surface area is 132 Å². The largest absolute Gasteiger partial charge is 0.573 e. The van der Waals surface area contributed by atoms with Crippen LogP contribution >= 0.6 is 12.4 Å². The topological polar surface area (TPSA) is 50.4 Å². The molecule has 1 saturated heterocycles.